The summed E-state index contributed by atoms with van der Waals surface area (Å²) >= 11 is 0. The number of carbonyl (C=O) groups excluding carboxylic acids is 2. The molecule has 1 amide bonds. The quantitative estimate of drug-likeness (QED) is 0.540. The van der Waals surface area contributed by atoms with E-state index in [1.54, 1.807) is 0 Å². The molecule has 1 heterocycles. The molecule has 0 aromatic carbocycles. The van der Waals surface area contributed by atoms with Crippen LogP contribution in [0.3, 0.4) is 0 Å². The van der Waals surface area contributed by atoms with Gasteiger partial charge in [-0.15, -0.1) is 0 Å². The maximum absolute atomic E-state index is 12.0. The lowest BCUT2D eigenvalue weighted by Crippen LogP contribution is -2.29. The summed E-state index contributed by atoms with van der Waals surface area (Å²) in [4.78, 5) is 25.3. The van der Waals surface area contributed by atoms with Gasteiger partial charge < -0.3 is 9.64 Å². The fourth-order valence-electron chi connectivity index (χ4n) is 2.49. The van der Waals surface area contributed by atoms with Crippen molar-refractivity contribution in [3.05, 3.63) is 0 Å². The molecule has 0 aromatic heterocycles. The first-order valence-electron chi connectivity index (χ1n) is 6.95. The Kier molecular flexibility index (Phi) is 6.16. The Morgan fingerprint density at radius 2 is 1.94 bits per heavy atom. The van der Waals surface area contributed by atoms with Gasteiger partial charge in [0.15, 0.2) is 0 Å². The van der Waals surface area contributed by atoms with Gasteiger partial charge in [-0.2, -0.15) is 0 Å². The van der Waals surface area contributed by atoms with Crippen LogP contribution in [0.2, 0.25) is 0 Å². The topological polar surface area (TPSA) is 46.6 Å². The average Bonchev–Trinajstić information content (AvgIpc) is 2.75. The van der Waals surface area contributed by atoms with E-state index in [1.807, 2.05) is 11.8 Å². The number of esters is 1. The molecule has 104 valence electrons. The van der Waals surface area contributed by atoms with Gasteiger partial charge in [0.05, 0.1) is 13.0 Å². The first-order valence-corrected chi connectivity index (χ1v) is 6.95. The van der Waals surface area contributed by atoms with Crippen LogP contribution >= 0.6 is 0 Å². The molecule has 0 radical (unpaired) electrons. The monoisotopic (exact) mass is 255 g/mol. The van der Waals surface area contributed by atoms with Gasteiger partial charge in [0, 0.05) is 19.5 Å². The highest BCUT2D eigenvalue weighted by atomic mass is 16.5. The molecule has 2 unspecified atom stereocenters. The van der Waals surface area contributed by atoms with E-state index in [4.69, 9.17) is 4.74 Å². The van der Waals surface area contributed by atoms with Crippen LogP contribution in [0.25, 0.3) is 0 Å². The number of amides is 1. The van der Waals surface area contributed by atoms with Gasteiger partial charge in [0.1, 0.15) is 0 Å². The van der Waals surface area contributed by atoms with Crippen molar-refractivity contribution in [1.82, 2.24) is 4.90 Å². The van der Waals surface area contributed by atoms with Crippen LogP contribution < -0.4 is 0 Å². The molecule has 1 aliphatic rings. The molecule has 2 atom stereocenters. The molecule has 0 saturated carbocycles. The van der Waals surface area contributed by atoms with Crippen LogP contribution in [-0.2, 0) is 14.3 Å². The second-order valence-corrected chi connectivity index (χ2v) is 5.22. The standard InChI is InChI=1S/C14H25NO3/c1-4-5-6-7-8-13(16)15-9-11(2)12(10-15)14(17)18-3/h11-12H,4-10H2,1-3H3. The van der Waals surface area contributed by atoms with Crippen molar-refractivity contribution in [2.75, 3.05) is 20.2 Å². The number of likely N-dealkylation sites (tertiary alicyclic amines) is 1. The molecule has 0 aromatic rings. The zero-order chi connectivity index (χ0) is 13.5. The minimum atomic E-state index is -0.191. The van der Waals surface area contributed by atoms with E-state index < -0.39 is 0 Å². The predicted octanol–water partition coefficient (Wildman–Crippen LogP) is 2.22. The van der Waals surface area contributed by atoms with Crippen molar-refractivity contribution >= 4 is 11.9 Å². The van der Waals surface area contributed by atoms with Crippen molar-refractivity contribution in [3.8, 4) is 0 Å². The Hall–Kier alpha value is -1.06. The molecule has 0 N–H and O–H groups in total. The zero-order valence-electron chi connectivity index (χ0n) is 11.8. The highest BCUT2D eigenvalue weighted by Gasteiger charge is 2.37. The van der Waals surface area contributed by atoms with Crippen molar-refractivity contribution in [2.24, 2.45) is 11.8 Å². The molecular formula is C14H25NO3. The maximum Gasteiger partial charge on any atom is 0.310 e. The van der Waals surface area contributed by atoms with Crippen LogP contribution in [0.1, 0.15) is 46.0 Å². The lowest BCUT2D eigenvalue weighted by molar-refractivity contribution is -0.146. The number of nitrogens with zero attached hydrogens (tertiary/aromatic N) is 1. The lowest BCUT2D eigenvalue weighted by Gasteiger charge is -2.15. The summed E-state index contributed by atoms with van der Waals surface area (Å²) in [5, 5.41) is 0. The van der Waals surface area contributed by atoms with Gasteiger partial charge in [-0.3, -0.25) is 9.59 Å². The summed E-state index contributed by atoms with van der Waals surface area (Å²) in [7, 11) is 1.41. The van der Waals surface area contributed by atoms with Crippen LogP contribution in [0.5, 0.6) is 0 Å². The third-order valence-electron chi connectivity index (χ3n) is 3.71. The third kappa shape index (κ3) is 4.00. The highest BCUT2D eigenvalue weighted by Crippen LogP contribution is 2.24. The normalized spacial score (nSPS) is 23.2. The van der Waals surface area contributed by atoms with Gasteiger partial charge in [-0.05, 0) is 12.3 Å². The SMILES string of the molecule is CCCCCCC(=O)N1CC(C)C(C(=O)OC)C1. The van der Waals surface area contributed by atoms with Crippen molar-refractivity contribution < 1.29 is 14.3 Å². The van der Waals surface area contributed by atoms with E-state index in [1.165, 1.54) is 20.0 Å². The predicted molar refractivity (Wildman–Crippen MR) is 70.0 cm³/mol. The Labute approximate surface area is 110 Å². The summed E-state index contributed by atoms with van der Waals surface area (Å²) < 4.78 is 4.77. The van der Waals surface area contributed by atoms with Gasteiger partial charge in [-0.1, -0.05) is 33.1 Å². The highest BCUT2D eigenvalue weighted by molar-refractivity contribution is 5.79. The minimum Gasteiger partial charge on any atom is -0.469 e. The molecule has 1 rings (SSSR count). The number of rotatable bonds is 6. The first-order chi connectivity index (χ1) is 8.60. The number of hydrogen-bond acceptors (Lipinski definition) is 3. The van der Waals surface area contributed by atoms with Crippen molar-refractivity contribution in [3.63, 3.8) is 0 Å². The van der Waals surface area contributed by atoms with Crippen LogP contribution in [-0.4, -0.2) is 37.0 Å². The molecule has 1 fully saturated rings. The smallest absolute Gasteiger partial charge is 0.310 e. The number of unbranched alkanes of at least 4 members (excludes halogenated alkanes) is 3. The fourth-order valence-corrected chi connectivity index (χ4v) is 2.49. The van der Waals surface area contributed by atoms with E-state index in [2.05, 4.69) is 6.92 Å². The van der Waals surface area contributed by atoms with Crippen LogP contribution in [0.4, 0.5) is 0 Å². The van der Waals surface area contributed by atoms with Gasteiger partial charge in [0.25, 0.3) is 0 Å². The summed E-state index contributed by atoms with van der Waals surface area (Å²) in [6.45, 7) is 5.38. The second-order valence-electron chi connectivity index (χ2n) is 5.22. The summed E-state index contributed by atoms with van der Waals surface area (Å²) in [6.07, 6.45) is 5.06. The molecule has 4 heteroatoms. The molecule has 0 aliphatic carbocycles. The second kappa shape index (κ2) is 7.39. The fraction of sp³-hybridized carbons (Fsp3) is 0.857. The summed E-state index contributed by atoms with van der Waals surface area (Å²) in [6, 6.07) is 0. The molecular weight excluding hydrogens is 230 g/mol. The number of methoxy groups -OCH3 is 1. The minimum absolute atomic E-state index is 0.144. The third-order valence-corrected chi connectivity index (χ3v) is 3.71. The average molecular weight is 255 g/mol. The van der Waals surface area contributed by atoms with E-state index in [0.29, 0.717) is 19.5 Å². The van der Waals surface area contributed by atoms with E-state index in [0.717, 1.165) is 12.8 Å². The zero-order valence-corrected chi connectivity index (χ0v) is 11.8. The van der Waals surface area contributed by atoms with Gasteiger partial charge >= 0.3 is 5.97 Å². The number of carbonyl (C=O) groups is 2. The molecule has 0 spiro atoms. The molecule has 4 nitrogen and oxygen atoms in total. The Bertz CT molecular complexity index is 291. The summed E-state index contributed by atoms with van der Waals surface area (Å²) in [5.74, 6) is 0.0553. The number of ether oxygens (including phenoxy) is 1. The van der Waals surface area contributed by atoms with Gasteiger partial charge in [-0.25, -0.2) is 0 Å². The lowest BCUT2D eigenvalue weighted by atomic mass is 9.99. The van der Waals surface area contributed by atoms with Gasteiger partial charge in [0.2, 0.25) is 5.91 Å². The van der Waals surface area contributed by atoms with Crippen molar-refractivity contribution in [2.45, 2.75) is 46.0 Å². The summed E-state index contributed by atoms with van der Waals surface area (Å²) in [5.41, 5.74) is 0. The maximum atomic E-state index is 12.0. The Morgan fingerprint density at radius 3 is 2.56 bits per heavy atom. The van der Waals surface area contributed by atoms with Crippen LogP contribution in [0, 0.1) is 11.8 Å². The first kappa shape index (κ1) is 15.0. The van der Waals surface area contributed by atoms with E-state index in [9.17, 15) is 9.59 Å². The Balaban J connectivity index is 2.35. The molecule has 0 bridgehead atoms. The Morgan fingerprint density at radius 1 is 1.22 bits per heavy atom. The van der Waals surface area contributed by atoms with E-state index in [-0.39, 0.29) is 23.7 Å². The van der Waals surface area contributed by atoms with Crippen molar-refractivity contribution in [1.29, 1.82) is 0 Å². The van der Waals surface area contributed by atoms with E-state index >= 15 is 0 Å². The molecule has 18 heavy (non-hydrogen) atoms. The van der Waals surface area contributed by atoms with Crippen LogP contribution in [0.15, 0.2) is 0 Å². The largest absolute Gasteiger partial charge is 0.469 e. The molecule has 1 aliphatic heterocycles. The number of hydrogen-bond donors (Lipinski definition) is 0. The molecule has 1 saturated heterocycles.